The van der Waals surface area contributed by atoms with E-state index >= 15 is 0 Å². The zero-order valence-corrected chi connectivity index (χ0v) is 13.4. The number of carbonyl (C=O) groups excluding carboxylic acids is 1. The first-order valence-electron chi connectivity index (χ1n) is 7.39. The van der Waals surface area contributed by atoms with Gasteiger partial charge in [0.1, 0.15) is 5.75 Å². The Kier molecular flexibility index (Phi) is 5.68. The summed E-state index contributed by atoms with van der Waals surface area (Å²) in [5, 5.41) is 12.7. The highest BCUT2D eigenvalue weighted by molar-refractivity contribution is 5.95. The molecule has 0 aromatic heterocycles. The molecular formula is C18H18N2O4. The van der Waals surface area contributed by atoms with Crippen LogP contribution < -0.4 is 10.2 Å². The number of benzene rings is 2. The van der Waals surface area contributed by atoms with Crippen molar-refractivity contribution in [2.45, 2.75) is 20.0 Å². The SMILES string of the molecule is CC(C)Oc1ccc(C(=O)N/N=C\c2ccc(C(=O)O)cc2)cc1. The topological polar surface area (TPSA) is 88.0 Å². The number of amides is 1. The first-order valence-corrected chi connectivity index (χ1v) is 7.39. The van der Waals surface area contributed by atoms with E-state index < -0.39 is 5.97 Å². The monoisotopic (exact) mass is 326 g/mol. The zero-order chi connectivity index (χ0) is 17.5. The standard InChI is InChI=1S/C18H18N2O4/c1-12(2)24-16-9-7-14(8-10-16)17(21)20-19-11-13-3-5-15(6-4-13)18(22)23/h3-12H,1-2H3,(H,20,21)(H,22,23)/b19-11-. The predicted octanol–water partition coefficient (Wildman–Crippen LogP) is 2.94. The summed E-state index contributed by atoms with van der Waals surface area (Å²) in [7, 11) is 0. The Balaban J connectivity index is 1.93. The van der Waals surface area contributed by atoms with E-state index in [9.17, 15) is 9.59 Å². The second-order valence-corrected chi connectivity index (χ2v) is 5.32. The molecule has 2 aromatic rings. The van der Waals surface area contributed by atoms with Gasteiger partial charge in [0.25, 0.3) is 5.91 Å². The number of ether oxygens (including phenoxy) is 1. The molecule has 2 aromatic carbocycles. The molecule has 0 aliphatic heterocycles. The lowest BCUT2D eigenvalue weighted by molar-refractivity contribution is 0.0696. The quantitative estimate of drug-likeness (QED) is 0.631. The van der Waals surface area contributed by atoms with Crippen LogP contribution in [0.15, 0.2) is 53.6 Å². The number of carboxylic acid groups (broad SMARTS) is 1. The van der Waals surface area contributed by atoms with E-state index in [2.05, 4.69) is 10.5 Å². The molecular weight excluding hydrogens is 308 g/mol. The second-order valence-electron chi connectivity index (χ2n) is 5.32. The summed E-state index contributed by atoms with van der Waals surface area (Å²) < 4.78 is 5.51. The summed E-state index contributed by atoms with van der Waals surface area (Å²) in [5.41, 5.74) is 3.76. The Bertz CT molecular complexity index is 735. The molecule has 0 aliphatic carbocycles. The van der Waals surface area contributed by atoms with Gasteiger partial charge >= 0.3 is 5.97 Å². The molecule has 0 saturated carbocycles. The Morgan fingerprint density at radius 2 is 1.62 bits per heavy atom. The van der Waals surface area contributed by atoms with Gasteiger partial charge in [-0.25, -0.2) is 10.2 Å². The van der Waals surface area contributed by atoms with Crippen LogP contribution in [0.2, 0.25) is 0 Å². The highest BCUT2D eigenvalue weighted by atomic mass is 16.5. The van der Waals surface area contributed by atoms with Crippen LogP contribution in [0, 0.1) is 0 Å². The van der Waals surface area contributed by atoms with Gasteiger partial charge in [-0.05, 0) is 55.8 Å². The molecule has 0 fully saturated rings. The summed E-state index contributed by atoms with van der Waals surface area (Å²) in [4.78, 5) is 22.7. The van der Waals surface area contributed by atoms with Crippen LogP contribution in [0.3, 0.4) is 0 Å². The lowest BCUT2D eigenvalue weighted by atomic mass is 10.1. The predicted molar refractivity (Wildman–Crippen MR) is 90.7 cm³/mol. The van der Waals surface area contributed by atoms with E-state index in [1.165, 1.54) is 18.3 Å². The third-order valence-corrected chi connectivity index (χ3v) is 3.03. The average Bonchev–Trinajstić information content (AvgIpc) is 2.55. The van der Waals surface area contributed by atoms with Gasteiger partial charge in [-0.15, -0.1) is 0 Å². The maximum Gasteiger partial charge on any atom is 0.335 e. The molecule has 2 rings (SSSR count). The maximum absolute atomic E-state index is 12.0. The molecule has 24 heavy (non-hydrogen) atoms. The van der Waals surface area contributed by atoms with Crippen LogP contribution in [0.25, 0.3) is 0 Å². The minimum atomic E-state index is -0.989. The molecule has 0 heterocycles. The van der Waals surface area contributed by atoms with E-state index in [1.54, 1.807) is 36.4 Å². The van der Waals surface area contributed by atoms with E-state index in [0.717, 1.165) is 0 Å². The normalized spacial score (nSPS) is 10.8. The number of nitrogens with one attached hydrogen (secondary N) is 1. The number of rotatable bonds is 6. The maximum atomic E-state index is 12.0. The average molecular weight is 326 g/mol. The number of hydrazone groups is 1. The molecule has 0 spiro atoms. The fraction of sp³-hybridized carbons (Fsp3) is 0.167. The second kappa shape index (κ2) is 7.92. The third-order valence-electron chi connectivity index (χ3n) is 3.03. The fourth-order valence-corrected chi connectivity index (χ4v) is 1.90. The van der Waals surface area contributed by atoms with Gasteiger partial charge in [0.2, 0.25) is 0 Å². The van der Waals surface area contributed by atoms with Gasteiger partial charge in [-0.3, -0.25) is 4.79 Å². The largest absolute Gasteiger partial charge is 0.491 e. The minimum absolute atomic E-state index is 0.0711. The Hall–Kier alpha value is -3.15. The Morgan fingerprint density at radius 1 is 1.04 bits per heavy atom. The van der Waals surface area contributed by atoms with Crippen LogP contribution in [0.4, 0.5) is 0 Å². The van der Waals surface area contributed by atoms with Gasteiger partial charge in [0, 0.05) is 5.56 Å². The van der Waals surface area contributed by atoms with Crippen LogP contribution in [0.1, 0.15) is 40.1 Å². The first-order chi connectivity index (χ1) is 11.5. The van der Waals surface area contributed by atoms with Gasteiger partial charge in [-0.2, -0.15) is 5.10 Å². The lowest BCUT2D eigenvalue weighted by Gasteiger charge is -2.09. The van der Waals surface area contributed by atoms with Crippen LogP contribution >= 0.6 is 0 Å². The summed E-state index contributed by atoms with van der Waals surface area (Å²) in [6.45, 7) is 3.86. The summed E-state index contributed by atoms with van der Waals surface area (Å²) in [5.74, 6) is -0.634. The van der Waals surface area contributed by atoms with Gasteiger partial charge in [0.15, 0.2) is 0 Å². The van der Waals surface area contributed by atoms with Gasteiger partial charge < -0.3 is 9.84 Å². The smallest absolute Gasteiger partial charge is 0.335 e. The fourth-order valence-electron chi connectivity index (χ4n) is 1.90. The van der Waals surface area contributed by atoms with Crippen molar-refractivity contribution in [3.63, 3.8) is 0 Å². The van der Waals surface area contributed by atoms with Crippen molar-refractivity contribution in [2.24, 2.45) is 5.10 Å². The third kappa shape index (κ3) is 4.95. The summed E-state index contributed by atoms with van der Waals surface area (Å²) in [6, 6.07) is 12.9. The molecule has 6 heteroatoms. The number of hydrogen-bond acceptors (Lipinski definition) is 4. The molecule has 0 radical (unpaired) electrons. The van der Waals surface area contributed by atoms with Crippen LogP contribution in [-0.2, 0) is 0 Å². The van der Waals surface area contributed by atoms with Crippen molar-refractivity contribution in [1.82, 2.24) is 5.43 Å². The van der Waals surface area contributed by atoms with Crippen molar-refractivity contribution in [2.75, 3.05) is 0 Å². The van der Waals surface area contributed by atoms with E-state index in [4.69, 9.17) is 9.84 Å². The Labute approximate surface area is 139 Å². The highest BCUT2D eigenvalue weighted by Gasteiger charge is 2.05. The summed E-state index contributed by atoms with van der Waals surface area (Å²) >= 11 is 0. The molecule has 0 unspecified atom stereocenters. The highest BCUT2D eigenvalue weighted by Crippen LogP contribution is 2.13. The van der Waals surface area contributed by atoms with Crippen molar-refractivity contribution in [3.8, 4) is 5.75 Å². The van der Waals surface area contributed by atoms with Crippen molar-refractivity contribution in [1.29, 1.82) is 0 Å². The molecule has 0 bridgehead atoms. The molecule has 6 nitrogen and oxygen atoms in total. The molecule has 124 valence electrons. The Morgan fingerprint density at radius 3 is 2.17 bits per heavy atom. The zero-order valence-electron chi connectivity index (χ0n) is 13.4. The van der Waals surface area contributed by atoms with Crippen LogP contribution in [0.5, 0.6) is 5.75 Å². The van der Waals surface area contributed by atoms with Gasteiger partial charge in [-0.1, -0.05) is 12.1 Å². The summed E-state index contributed by atoms with van der Waals surface area (Å²) in [6.07, 6.45) is 1.52. The minimum Gasteiger partial charge on any atom is -0.491 e. The number of aromatic carboxylic acids is 1. The molecule has 0 atom stereocenters. The molecule has 0 saturated heterocycles. The molecule has 1 amide bonds. The van der Waals surface area contributed by atoms with Gasteiger partial charge in [0.05, 0.1) is 17.9 Å². The van der Waals surface area contributed by atoms with Crippen molar-refractivity contribution in [3.05, 3.63) is 65.2 Å². The molecule has 0 aliphatic rings. The number of nitrogens with zero attached hydrogens (tertiary/aromatic N) is 1. The van der Waals surface area contributed by atoms with E-state index in [0.29, 0.717) is 16.9 Å². The number of hydrogen-bond donors (Lipinski definition) is 2. The number of carboxylic acids is 1. The van der Waals surface area contributed by atoms with Crippen LogP contribution in [-0.4, -0.2) is 29.3 Å². The molecule has 2 N–H and O–H groups in total. The van der Waals surface area contributed by atoms with E-state index in [-0.39, 0.29) is 17.6 Å². The van der Waals surface area contributed by atoms with Crippen molar-refractivity contribution >= 4 is 18.1 Å². The van der Waals surface area contributed by atoms with Crippen molar-refractivity contribution < 1.29 is 19.4 Å². The van der Waals surface area contributed by atoms with E-state index in [1.807, 2.05) is 13.8 Å². The number of carbonyl (C=O) groups is 2. The first kappa shape index (κ1) is 17.2. The lowest BCUT2D eigenvalue weighted by Crippen LogP contribution is -2.17.